The minimum atomic E-state index is -0.178. The molecule has 0 aromatic carbocycles. The average Bonchev–Trinajstić information content (AvgIpc) is 2.33. The molecular weight excluding hydrogens is 212 g/mol. The van der Waals surface area contributed by atoms with Gasteiger partial charge < -0.3 is 10.2 Å². The van der Waals surface area contributed by atoms with Gasteiger partial charge in [-0.3, -0.25) is 0 Å². The Bertz CT molecular complexity index is 245. The second-order valence-corrected chi connectivity index (χ2v) is 6.77. The third kappa shape index (κ3) is 2.68. The van der Waals surface area contributed by atoms with Crippen molar-refractivity contribution < 1.29 is 10.2 Å². The SMILES string of the molecule is CC1CCC(C2(C)CCC(O)CC2CO)CC1. The molecule has 2 saturated carbocycles. The highest BCUT2D eigenvalue weighted by Gasteiger charge is 2.45. The molecule has 3 atom stereocenters. The van der Waals surface area contributed by atoms with Gasteiger partial charge >= 0.3 is 0 Å². The monoisotopic (exact) mass is 240 g/mol. The number of hydrogen-bond donors (Lipinski definition) is 2. The standard InChI is InChI=1S/C15H28O2/c1-11-3-5-12(6-4-11)15(2)8-7-14(17)9-13(15)10-16/h11-14,16-17H,3-10H2,1-2H3. The minimum absolute atomic E-state index is 0.178. The Hall–Kier alpha value is -0.0800. The van der Waals surface area contributed by atoms with Gasteiger partial charge in [0, 0.05) is 6.61 Å². The van der Waals surface area contributed by atoms with Crippen LogP contribution in [0.15, 0.2) is 0 Å². The van der Waals surface area contributed by atoms with Gasteiger partial charge in [0.25, 0.3) is 0 Å². The van der Waals surface area contributed by atoms with Crippen LogP contribution >= 0.6 is 0 Å². The van der Waals surface area contributed by atoms with E-state index in [0.717, 1.165) is 31.1 Å². The zero-order valence-corrected chi connectivity index (χ0v) is 11.4. The summed E-state index contributed by atoms with van der Waals surface area (Å²) in [7, 11) is 0. The molecule has 100 valence electrons. The summed E-state index contributed by atoms with van der Waals surface area (Å²) in [5.74, 6) is 1.96. The van der Waals surface area contributed by atoms with Gasteiger partial charge in [-0.1, -0.05) is 26.7 Å². The van der Waals surface area contributed by atoms with Crippen molar-refractivity contribution in [2.24, 2.45) is 23.2 Å². The van der Waals surface area contributed by atoms with Crippen molar-refractivity contribution in [3.8, 4) is 0 Å². The highest BCUT2D eigenvalue weighted by Crippen LogP contribution is 2.51. The molecule has 2 fully saturated rings. The maximum absolute atomic E-state index is 9.77. The number of aliphatic hydroxyl groups is 2. The lowest BCUT2D eigenvalue weighted by Crippen LogP contribution is -2.44. The van der Waals surface area contributed by atoms with E-state index in [9.17, 15) is 10.2 Å². The second-order valence-electron chi connectivity index (χ2n) is 6.77. The molecule has 0 aliphatic heterocycles. The first kappa shape index (κ1) is 13.4. The minimum Gasteiger partial charge on any atom is -0.396 e. The van der Waals surface area contributed by atoms with E-state index >= 15 is 0 Å². The van der Waals surface area contributed by atoms with Gasteiger partial charge in [-0.15, -0.1) is 0 Å². The van der Waals surface area contributed by atoms with Crippen LogP contribution < -0.4 is 0 Å². The molecule has 0 amide bonds. The van der Waals surface area contributed by atoms with E-state index in [4.69, 9.17) is 0 Å². The Morgan fingerprint density at radius 1 is 1.12 bits per heavy atom. The van der Waals surface area contributed by atoms with Gasteiger partial charge in [0.1, 0.15) is 0 Å². The van der Waals surface area contributed by atoms with E-state index in [-0.39, 0.29) is 18.1 Å². The fourth-order valence-electron chi connectivity index (χ4n) is 4.14. The quantitative estimate of drug-likeness (QED) is 0.779. The number of rotatable bonds is 2. The van der Waals surface area contributed by atoms with E-state index in [0.29, 0.717) is 5.92 Å². The molecule has 2 rings (SSSR count). The van der Waals surface area contributed by atoms with Gasteiger partial charge in [-0.25, -0.2) is 0 Å². The molecule has 17 heavy (non-hydrogen) atoms. The van der Waals surface area contributed by atoms with Crippen molar-refractivity contribution in [2.75, 3.05) is 6.61 Å². The third-order valence-electron chi connectivity index (χ3n) is 5.67. The Kier molecular flexibility index (Phi) is 4.14. The normalized spacial score (nSPS) is 48.0. The van der Waals surface area contributed by atoms with E-state index in [2.05, 4.69) is 13.8 Å². The summed E-state index contributed by atoms with van der Waals surface area (Å²) in [6, 6.07) is 0. The summed E-state index contributed by atoms with van der Waals surface area (Å²) in [5.41, 5.74) is 0.272. The van der Waals surface area contributed by atoms with Gasteiger partial charge in [-0.2, -0.15) is 0 Å². The van der Waals surface area contributed by atoms with Crippen molar-refractivity contribution in [3.05, 3.63) is 0 Å². The fraction of sp³-hybridized carbons (Fsp3) is 1.00. The maximum atomic E-state index is 9.77. The van der Waals surface area contributed by atoms with Crippen LogP contribution in [0, 0.1) is 23.2 Å². The smallest absolute Gasteiger partial charge is 0.0544 e. The molecule has 0 heterocycles. The summed E-state index contributed by atoms with van der Waals surface area (Å²) in [6.07, 6.45) is 8.00. The first-order valence-corrected chi connectivity index (χ1v) is 7.35. The van der Waals surface area contributed by atoms with E-state index in [1.165, 1.54) is 25.7 Å². The Balaban J connectivity index is 2.05. The zero-order chi connectivity index (χ0) is 12.5. The van der Waals surface area contributed by atoms with Crippen molar-refractivity contribution >= 4 is 0 Å². The van der Waals surface area contributed by atoms with Crippen molar-refractivity contribution in [1.82, 2.24) is 0 Å². The molecule has 0 spiro atoms. The highest BCUT2D eigenvalue weighted by atomic mass is 16.3. The molecule has 2 aliphatic carbocycles. The third-order valence-corrected chi connectivity index (χ3v) is 5.67. The lowest BCUT2D eigenvalue weighted by molar-refractivity contribution is -0.0538. The van der Waals surface area contributed by atoms with Gasteiger partial charge in [0.2, 0.25) is 0 Å². The van der Waals surface area contributed by atoms with Crippen LogP contribution in [-0.4, -0.2) is 22.9 Å². The van der Waals surface area contributed by atoms with Crippen LogP contribution in [-0.2, 0) is 0 Å². The molecule has 2 N–H and O–H groups in total. The summed E-state index contributed by atoms with van der Waals surface area (Å²) in [6.45, 7) is 4.97. The predicted molar refractivity (Wildman–Crippen MR) is 69.7 cm³/mol. The first-order chi connectivity index (χ1) is 8.06. The van der Waals surface area contributed by atoms with Crippen LogP contribution in [0.2, 0.25) is 0 Å². The summed E-state index contributed by atoms with van der Waals surface area (Å²) < 4.78 is 0. The van der Waals surface area contributed by atoms with E-state index in [1.807, 2.05) is 0 Å². The summed E-state index contributed by atoms with van der Waals surface area (Å²) in [4.78, 5) is 0. The largest absolute Gasteiger partial charge is 0.396 e. The van der Waals surface area contributed by atoms with E-state index < -0.39 is 0 Å². The van der Waals surface area contributed by atoms with Crippen LogP contribution in [0.1, 0.15) is 58.8 Å². The number of aliphatic hydroxyl groups excluding tert-OH is 2. The molecule has 0 aromatic rings. The van der Waals surface area contributed by atoms with Gasteiger partial charge in [0.15, 0.2) is 0 Å². The Morgan fingerprint density at radius 2 is 1.76 bits per heavy atom. The van der Waals surface area contributed by atoms with Crippen molar-refractivity contribution in [3.63, 3.8) is 0 Å². The molecule has 3 unspecified atom stereocenters. The van der Waals surface area contributed by atoms with Crippen LogP contribution in [0.4, 0.5) is 0 Å². The van der Waals surface area contributed by atoms with Crippen LogP contribution in [0.25, 0.3) is 0 Å². The summed E-state index contributed by atoms with van der Waals surface area (Å²) in [5, 5.41) is 19.4. The highest BCUT2D eigenvalue weighted by molar-refractivity contribution is 4.94. The van der Waals surface area contributed by atoms with Crippen LogP contribution in [0.5, 0.6) is 0 Å². The molecule has 0 saturated heterocycles. The Labute approximate surface area is 105 Å². The molecule has 2 heteroatoms. The maximum Gasteiger partial charge on any atom is 0.0544 e. The molecule has 0 radical (unpaired) electrons. The lowest BCUT2D eigenvalue weighted by Gasteiger charge is -2.49. The molecule has 0 aromatic heterocycles. The number of hydrogen-bond acceptors (Lipinski definition) is 2. The van der Waals surface area contributed by atoms with Crippen molar-refractivity contribution in [2.45, 2.75) is 64.9 Å². The first-order valence-electron chi connectivity index (χ1n) is 7.35. The Morgan fingerprint density at radius 3 is 2.35 bits per heavy atom. The predicted octanol–water partition coefficient (Wildman–Crippen LogP) is 2.97. The molecule has 0 bridgehead atoms. The fourth-order valence-corrected chi connectivity index (χ4v) is 4.14. The molecule has 2 nitrogen and oxygen atoms in total. The topological polar surface area (TPSA) is 40.5 Å². The van der Waals surface area contributed by atoms with Crippen LogP contribution in [0.3, 0.4) is 0 Å². The van der Waals surface area contributed by atoms with E-state index in [1.54, 1.807) is 0 Å². The molecular formula is C15H28O2. The zero-order valence-electron chi connectivity index (χ0n) is 11.4. The average molecular weight is 240 g/mol. The lowest BCUT2D eigenvalue weighted by atomic mass is 9.57. The van der Waals surface area contributed by atoms with Gasteiger partial charge in [-0.05, 0) is 55.3 Å². The molecule has 2 aliphatic rings. The van der Waals surface area contributed by atoms with Crippen molar-refractivity contribution in [1.29, 1.82) is 0 Å². The summed E-state index contributed by atoms with van der Waals surface area (Å²) >= 11 is 0. The second kappa shape index (κ2) is 5.27. The van der Waals surface area contributed by atoms with Gasteiger partial charge in [0.05, 0.1) is 6.10 Å².